The number of anilines is 2. The molecule has 7 heteroatoms. The number of aromatic nitrogens is 3. The Balaban J connectivity index is 1.61. The molecule has 0 radical (unpaired) electrons. The number of hydrogen-bond acceptors (Lipinski definition) is 6. The summed E-state index contributed by atoms with van der Waals surface area (Å²) in [7, 11) is 1.54. The zero-order valence-electron chi connectivity index (χ0n) is 14.9. The number of methoxy groups -OCH3 is 1. The van der Waals surface area contributed by atoms with Crippen molar-refractivity contribution in [3.05, 3.63) is 71.2 Å². The standard InChI is InChI=1S/C20H19N5O2/c1-27-20-23-11-14(12-24-20)9-13-5-7-22-18(10-13)25-8-6-15-16(19(21)26)3-2-4-17(15)25/h2-5,7,10-12H,6,8-9H2,1H3,(H2,21,26). The van der Waals surface area contributed by atoms with Crippen LogP contribution in [-0.4, -0.2) is 34.5 Å². The lowest BCUT2D eigenvalue weighted by Gasteiger charge is -2.19. The molecule has 0 fully saturated rings. The summed E-state index contributed by atoms with van der Waals surface area (Å²) >= 11 is 0. The van der Waals surface area contributed by atoms with E-state index in [0.29, 0.717) is 18.0 Å². The van der Waals surface area contributed by atoms with Gasteiger partial charge in [0.05, 0.1) is 7.11 Å². The summed E-state index contributed by atoms with van der Waals surface area (Å²) in [5.41, 5.74) is 10.2. The Bertz CT molecular complexity index is 988. The van der Waals surface area contributed by atoms with Gasteiger partial charge in [-0.2, -0.15) is 0 Å². The van der Waals surface area contributed by atoms with Gasteiger partial charge in [0.15, 0.2) is 0 Å². The maximum atomic E-state index is 11.7. The largest absolute Gasteiger partial charge is 0.467 e. The number of carbonyl (C=O) groups excluding carboxylic acids is 1. The van der Waals surface area contributed by atoms with Gasteiger partial charge in [0, 0.05) is 42.8 Å². The minimum Gasteiger partial charge on any atom is -0.467 e. The zero-order valence-corrected chi connectivity index (χ0v) is 14.9. The zero-order chi connectivity index (χ0) is 18.8. The van der Waals surface area contributed by atoms with E-state index in [2.05, 4.69) is 25.9 Å². The average Bonchev–Trinajstić information content (AvgIpc) is 3.13. The average molecular weight is 361 g/mol. The lowest BCUT2D eigenvalue weighted by molar-refractivity contribution is 0.0999. The molecule has 7 nitrogen and oxygen atoms in total. The molecule has 1 aliphatic heterocycles. The maximum Gasteiger partial charge on any atom is 0.316 e. The molecule has 2 N–H and O–H groups in total. The van der Waals surface area contributed by atoms with E-state index in [-0.39, 0.29) is 0 Å². The lowest BCUT2D eigenvalue weighted by atomic mass is 10.0. The summed E-state index contributed by atoms with van der Waals surface area (Å²) in [6.07, 6.45) is 6.78. The number of carbonyl (C=O) groups is 1. The first-order valence-corrected chi connectivity index (χ1v) is 8.65. The normalized spacial score (nSPS) is 12.7. The number of rotatable bonds is 5. The maximum absolute atomic E-state index is 11.7. The molecule has 0 bridgehead atoms. The van der Waals surface area contributed by atoms with Crippen molar-refractivity contribution in [2.24, 2.45) is 5.73 Å². The molecule has 2 aromatic heterocycles. The van der Waals surface area contributed by atoms with Crippen molar-refractivity contribution in [1.29, 1.82) is 0 Å². The van der Waals surface area contributed by atoms with E-state index in [1.165, 1.54) is 0 Å². The molecule has 0 spiro atoms. The van der Waals surface area contributed by atoms with Crippen LogP contribution >= 0.6 is 0 Å². The Labute approximate surface area is 156 Å². The minimum atomic E-state index is -0.394. The summed E-state index contributed by atoms with van der Waals surface area (Å²) in [4.78, 5) is 26.6. The summed E-state index contributed by atoms with van der Waals surface area (Å²) in [6, 6.07) is 10.0. The highest BCUT2D eigenvalue weighted by Gasteiger charge is 2.25. The van der Waals surface area contributed by atoms with E-state index in [9.17, 15) is 4.79 Å². The number of benzene rings is 1. The molecule has 0 saturated carbocycles. The Morgan fingerprint density at radius 2 is 2.00 bits per heavy atom. The van der Waals surface area contributed by atoms with Gasteiger partial charge in [-0.05, 0) is 47.4 Å². The van der Waals surface area contributed by atoms with Gasteiger partial charge in [0.2, 0.25) is 5.91 Å². The first-order chi connectivity index (χ1) is 13.2. The molecule has 0 unspecified atom stereocenters. The summed E-state index contributed by atoms with van der Waals surface area (Å²) in [5, 5.41) is 0. The van der Waals surface area contributed by atoms with Gasteiger partial charge in [-0.25, -0.2) is 15.0 Å². The molecule has 27 heavy (non-hydrogen) atoms. The number of hydrogen-bond donors (Lipinski definition) is 1. The van der Waals surface area contributed by atoms with Crippen molar-refractivity contribution >= 4 is 17.4 Å². The van der Waals surface area contributed by atoms with Crippen LogP contribution in [0.5, 0.6) is 6.01 Å². The lowest BCUT2D eigenvalue weighted by Crippen LogP contribution is -2.15. The molecule has 1 aromatic carbocycles. The number of nitrogens with zero attached hydrogens (tertiary/aromatic N) is 4. The first kappa shape index (κ1) is 17.0. The number of nitrogens with two attached hydrogens (primary N) is 1. The molecular formula is C20H19N5O2. The molecule has 0 atom stereocenters. The minimum absolute atomic E-state index is 0.355. The van der Waals surface area contributed by atoms with Crippen LogP contribution in [0.1, 0.15) is 27.0 Å². The van der Waals surface area contributed by atoms with E-state index in [0.717, 1.165) is 41.2 Å². The predicted octanol–water partition coefficient (Wildman–Crippen LogP) is 2.26. The second-order valence-corrected chi connectivity index (χ2v) is 6.35. The second kappa shape index (κ2) is 7.03. The van der Waals surface area contributed by atoms with Crippen LogP contribution in [0.4, 0.5) is 11.5 Å². The molecular weight excluding hydrogens is 342 g/mol. The Hall–Kier alpha value is -3.48. The van der Waals surface area contributed by atoms with Gasteiger partial charge in [0.25, 0.3) is 0 Å². The molecule has 136 valence electrons. The Morgan fingerprint density at radius 1 is 1.19 bits per heavy atom. The van der Waals surface area contributed by atoms with Crippen LogP contribution in [0.2, 0.25) is 0 Å². The van der Waals surface area contributed by atoms with Gasteiger partial charge < -0.3 is 15.4 Å². The third-order valence-electron chi connectivity index (χ3n) is 4.65. The molecule has 4 rings (SSSR count). The number of ether oxygens (including phenoxy) is 1. The van der Waals surface area contributed by atoms with Gasteiger partial charge in [-0.1, -0.05) is 6.07 Å². The topological polar surface area (TPSA) is 94.2 Å². The molecule has 1 amide bonds. The van der Waals surface area contributed by atoms with Crippen LogP contribution in [-0.2, 0) is 12.8 Å². The number of pyridine rings is 1. The van der Waals surface area contributed by atoms with Crippen molar-refractivity contribution in [1.82, 2.24) is 15.0 Å². The number of fused-ring (bicyclic) bond motifs is 1. The molecule has 3 aromatic rings. The Kier molecular flexibility index (Phi) is 4.42. The number of primary amides is 1. The van der Waals surface area contributed by atoms with E-state index in [1.54, 1.807) is 31.8 Å². The van der Waals surface area contributed by atoms with E-state index >= 15 is 0 Å². The summed E-state index contributed by atoms with van der Waals surface area (Å²) < 4.78 is 4.99. The van der Waals surface area contributed by atoms with Gasteiger partial charge in [0.1, 0.15) is 5.82 Å². The van der Waals surface area contributed by atoms with Gasteiger partial charge in [-0.3, -0.25) is 4.79 Å². The van der Waals surface area contributed by atoms with Crippen LogP contribution < -0.4 is 15.4 Å². The van der Waals surface area contributed by atoms with Crippen molar-refractivity contribution < 1.29 is 9.53 Å². The van der Waals surface area contributed by atoms with Crippen LogP contribution in [0, 0.1) is 0 Å². The Morgan fingerprint density at radius 3 is 2.74 bits per heavy atom. The van der Waals surface area contributed by atoms with Crippen LogP contribution in [0.3, 0.4) is 0 Å². The van der Waals surface area contributed by atoms with Crippen molar-refractivity contribution in [2.45, 2.75) is 12.8 Å². The third-order valence-corrected chi connectivity index (χ3v) is 4.65. The molecule has 1 aliphatic rings. The fraction of sp³-hybridized carbons (Fsp3) is 0.200. The highest BCUT2D eigenvalue weighted by atomic mass is 16.5. The quantitative estimate of drug-likeness (QED) is 0.749. The third kappa shape index (κ3) is 3.31. The van der Waals surface area contributed by atoms with Crippen molar-refractivity contribution in [2.75, 3.05) is 18.6 Å². The SMILES string of the molecule is COc1ncc(Cc2ccnc(N3CCc4c(C(N)=O)cccc43)c2)cn1. The summed E-state index contributed by atoms with van der Waals surface area (Å²) in [5.74, 6) is 0.456. The van der Waals surface area contributed by atoms with Crippen LogP contribution in [0.25, 0.3) is 0 Å². The monoisotopic (exact) mass is 361 g/mol. The number of amides is 1. The summed E-state index contributed by atoms with van der Waals surface area (Å²) in [6.45, 7) is 0.766. The molecule has 3 heterocycles. The fourth-order valence-electron chi connectivity index (χ4n) is 3.40. The first-order valence-electron chi connectivity index (χ1n) is 8.65. The van der Waals surface area contributed by atoms with Crippen LogP contribution in [0.15, 0.2) is 48.9 Å². The van der Waals surface area contributed by atoms with E-state index in [4.69, 9.17) is 10.5 Å². The van der Waals surface area contributed by atoms with E-state index < -0.39 is 5.91 Å². The van der Waals surface area contributed by atoms with Gasteiger partial charge >= 0.3 is 6.01 Å². The molecule has 0 saturated heterocycles. The van der Waals surface area contributed by atoms with Crippen molar-refractivity contribution in [3.63, 3.8) is 0 Å². The fourth-order valence-corrected chi connectivity index (χ4v) is 3.40. The van der Waals surface area contributed by atoms with E-state index in [1.807, 2.05) is 18.2 Å². The smallest absolute Gasteiger partial charge is 0.316 e. The van der Waals surface area contributed by atoms with Gasteiger partial charge in [-0.15, -0.1) is 0 Å². The second-order valence-electron chi connectivity index (χ2n) is 6.35. The predicted molar refractivity (Wildman–Crippen MR) is 101 cm³/mol. The highest BCUT2D eigenvalue weighted by molar-refractivity contribution is 5.96. The van der Waals surface area contributed by atoms with Crippen molar-refractivity contribution in [3.8, 4) is 6.01 Å². The molecule has 0 aliphatic carbocycles. The highest BCUT2D eigenvalue weighted by Crippen LogP contribution is 2.35.